The zero-order chi connectivity index (χ0) is 23.8. The fraction of sp³-hybridized carbons (Fsp3) is 0.417. The Morgan fingerprint density at radius 2 is 1.79 bits per heavy atom. The van der Waals surface area contributed by atoms with Gasteiger partial charge in [-0.3, -0.25) is 19.0 Å². The predicted molar refractivity (Wildman–Crippen MR) is 134 cm³/mol. The predicted octanol–water partition coefficient (Wildman–Crippen LogP) is 3.00. The van der Waals surface area contributed by atoms with Crippen LogP contribution in [-0.4, -0.2) is 70.4 Å². The molecule has 3 aromatic rings. The van der Waals surface area contributed by atoms with E-state index in [2.05, 4.69) is 9.88 Å². The Labute approximate surface area is 206 Å². The highest BCUT2D eigenvalue weighted by Crippen LogP contribution is 2.29. The molecular formula is C24H26ClN5O3S. The van der Waals surface area contributed by atoms with E-state index < -0.39 is 0 Å². The molecule has 0 N–H and O–H groups in total. The summed E-state index contributed by atoms with van der Waals surface area (Å²) in [5.41, 5.74) is 1.43. The van der Waals surface area contributed by atoms with Crippen molar-refractivity contribution in [2.75, 3.05) is 44.2 Å². The fourth-order valence-electron chi connectivity index (χ4n) is 4.67. The molecule has 1 aromatic carbocycles. The van der Waals surface area contributed by atoms with Crippen molar-refractivity contribution in [3.05, 3.63) is 56.4 Å². The minimum atomic E-state index is -0.273. The molecule has 2 saturated heterocycles. The molecule has 0 aliphatic carbocycles. The quantitative estimate of drug-likeness (QED) is 0.551. The highest BCUT2D eigenvalue weighted by molar-refractivity contribution is 7.20. The van der Waals surface area contributed by atoms with E-state index in [-0.39, 0.29) is 23.9 Å². The lowest BCUT2D eigenvalue weighted by molar-refractivity contribution is -0.132. The summed E-state index contributed by atoms with van der Waals surface area (Å²) in [7, 11) is 0. The molecule has 0 atom stereocenters. The van der Waals surface area contributed by atoms with Gasteiger partial charge in [-0.15, -0.1) is 11.3 Å². The topological polar surface area (TPSA) is 78.8 Å². The van der Waals surface area contributed by atoms with Gasteiger partial charge >= 0.3 is 0 Å². The Morgan fingerprint density at radius 3 is 2.50 bits per heavy atom. The lowest BCUT2D eigenvalue weighted by Crippen LogP contribution is -2.50. The number of rotatable bonds is 4. The molecule has 0 unspecified atom stereocenters. The average Bonchev–Trinajstić information content (AvgIpc) is 3.49. The number of benzene rings is 1. The summed E-state index contributed by atoms with van der Waals surface area (Å²) in [5, 5.41) is 1.13. The molecule has 34 heavy (non-hydrogen) atoms. The normalized spacial score (nSPS) is 16.5. The number of thiophene rings is 1. The number of carbonyl (C=O) groups excluding carboxylic acids is 2. The second-order valence-corrected chi connectivity index (χ2v) is 10.2. The van der Waals surface area contributed by atoms with E-state index in [1.165, 1.54) is 22.2 Å². The van der Waals surface area contributed by atoms with Gasteiger partial charge in [0.1, 0.15) is 11.4 Å². The molecule has 8 nitrogen and oxygen atoms in total. The van der Waals surface area contributed by atoms with Gasteiger partial charge in [-0.1, -0.05) is 17.7 Å². The molecule has 0 saturated carbocycles. The van der Waals surface area contributed by atoms with Gasteiger partial charge in [0.2, 0.25) is 5.91 Å². The van der Waals surface area contributed by atoms with Gasteiger partial charge < -0.3 is 14.7 Å². The first-order valence-electron chi connectivity index (χ1n) is 11.5. The van der Waals surface area contributed by atoms with Crippen molar-refractivity contribution in [1.82, 2.24) is 19.4 Å². The van der Waals surface area contributed by atoms with Gasteiger partial charge in [0.15, 0.2) is 0 Å². The standard InChI is InChI=1S/C24H26ClN5O3S/c1-16-20-22(34-21(16)24(33)29-7-2-3-8-29)26-15-30(23(20)32)14-19(31)28-11-9-27(10-12-28)18-6-4-5-17(25)13-18/h4-6,13,15H,2-3,7-12,14H2,1H3. The molecule has 2 aromatic heterocycles. The van der Waals surface area contributed by atoms with Crippen LogP contribution >= 0.6 is 22.9 Å². The monoisotopic (exact) mass is 499 g/mol. The van der Waals surface area contributed by atoms with E-state index in [4.69, 9.17) is 11.6 Å². The average molecular weight is 500 g/mol. The van der Waals surface area contributed by atoms with Crippen LogP contribution in [0.5, 0.6) is 0 Å². The van der Waals surface area contributed by atoms with Gasteiger partial charge in [0.25, 0.3) is 11.5 Å². The zero-order valence-electron chi connectivity index (χ0n) is 19.0. The van der Waals surface area contributed by atoms with Crippen LogP contribution in [-0.2, 0) is 11.3 Å². The number of piperazine rings is 1. The van der Waals surface area contributed by atoms with E-state index in [9.17, 15) is 14.4 Å². The number of halogens is 1. The van der Waals surface area contributed by atoms with Crippen LogP contribution in [0, 0.1) is 6.92 Å². The molecule has 4 heterocycles. The molecule has 2 fully saturated rings. The summed E-state index contributed by atoms with van der Waals surface area (Å²) >= 11 is 7.36. The van der Waals surface area contributed by atoms with Gasteiger partial charge in [0, 0.05) is 50.0 Å². The summed E-state index contributed by atoms with van der Waals surface area (Å²) < 4.78 is 1.36. The van der Waals surface area contributed by atoms with Gasteiger partial charge in [-0.25, -0.2) is 4.98 Å². The van der Waals surface area contributed by atoms with Crippen molar-refractivity contribution in [3.63, 3.8) is 0 Å². The van der Waals surface area contributed by atoms with Crippen LogP contribution in [0.3, 0.4) is 0 Å². The second kappa shape index (κ2) is 9.38. The van der Waals surface area contributed by atoms with Crippen LogP contribution in [0.2, 0.25) is 5.02 Å². The number of carbonyl (C=O) groups is 2. The highest BCUT2D eigenvalue weighted by Gasteiger charge is 2.26. The number of amides is 2. The van der Waals surface area contributed by atoms with Crippen molar-refractivity contribution in [2.24, 2.45) is 0 Å². The number of hydrogen-bond acceptors (Lipinski definition) is 6. The first kappa shape index (κ1) is 22.9. The van der Waals surface area contributed by atoms with E-state index in [1.54, 1.807) is 11.8 Å². The van der Waals surface area contributed by atoms with Crippen molar-refractivity contribution >= 4 is 50.7 Å². The van der Waals surface area contributed by atoms with Crippen LogP contribution in [0.25, 0.3) is 10.2 Å². The SMILES string of the molecule is Cc1c(C(=O)N2CCCC2)sc2ncn(CC(=O)N3CCN(c4cccc(Cl)c4)CC3)c(=O)c12. The summed E-state index contributed by atoms with van der Waals surface area (Å²) in [6, 6.07) is 7.69. The van der Waals surface area contributed by atoms with Crippen LogP contribution in [0.15, 0.2) is 35.4 Å². The summed E-state index contributed by atoms with van der Waals surface area (Å²) in [4.78, 5) is 50.4. The van der Waals surface area contributed by atoms with Gasteiger partial charge in [-0.05, 0) is 43.5 Å². The third-order valence-electron chi connectivity index (χ3n) is 6.62. The Kier molecular flexibility index (Phi) is 6.31. The van der Waals surface area contributed by atoms with Gasteiger partial charge in [0.05, 0.1) is 16.6 Å². The number of aromatic nitrogens is 2. The summed E-state index contributed by atoms with van der Waals surface area (Å²) in [5.74, 6) is -0.146. The molecule has 2 aliphatic heterocycles. The summed E-state index contributed by atoms with van der Waals surface area (Å²) in [6.45, 7) is 5.78. The zero-order valence-corrected chi connectivity index (χ0v) is 20.6. The number of hydrogen-bond donors (Lipinski definition) is 0. The maximum Gasteiger partial charge on any atom is 0.264 e. The van der Waals surface area contributed by atoms with Crippen molar-refractivity contribution in [3.8, 4) is 0 Å². The van der Waals surface area contributed by atoms with Crippen LogP contribution < -0.4 is 10.5 Å². The van der Waals surface area contributed by atoms with Gasteiger partial charge in [-0.2, -0.15) is 0 Å². The molecular weight excluding hydrogens is 474 g/mol. The molecule has 2 amide bonds. The Balaban J connectivity index is 1.29. The van der Waals surface area contributed by atoms with Crippen molar-refractivity contribution < 1.29 is 9.59 Å². The highest BCUT2D eigenvalue weighted by atomic mass is 35.5. The molecule has 0 bridgehead atoms. The molecule has 178 valence electrons. The third kappa shape index (κ3) is 4.30. The number of likely N-dealkylation sites (tertiary alicyclic amines) is 1. The number of aryl methyl sites for hydroxylation is 1. The fourth-order valence-corrected chi connectivity index (χ4v) is 5.96. The van der Waals surface area contributed by atoms with Crippen LogP contribution in [0.4, 0.5) is 5.69 Å². The van der Waals surface area contributed by atoms with E-state index >= 15 is 0 Å². The number of nitrogens with zero attached hydrogens (tertiary/aromatic N) is 5. The molecule has 5 rings (SSSR count). The molecule has 0 radical (unpaired) electrons. The smallest absolute Gasteiger partial charge is 0.264 e. The summed E-state index contributed by atoms with van der Waals surface area (Å²) in [6.07, 6.45) is 3.44. The lowest BCUT2D eigenvalue weighted by atomic mass is 10.2. The maximum absolute atomic E-state index is 13.2. The third-order valence-corrected chi connectivity index (χ3v) is 8.04. The minimum absolute atomic E-state index is 0.0300. The Hall–Kier alpha value is -2.91. The minimum Gasteiger partial charge on any atom is -0.368 e. The maximum atomic E-state index is 13.2. The lowest BCUT2D eigenvalue weighted by Gasteiger charge is -2.36. The van der Waals surface area contributed by atoms with E-state index in [0.717, 1.165) is 31.6 Å². The second-order valence-electron chi connectivity index (χ2n) is 8.76. The largest absolute Gasteiger partial charge is 0.368 e. The molecule has 10 heteroatoms. The first-order valence-corrected chi connectivity index (χ1v) is 12.7. The van der Waals surface area contributed by atoms with Crippen LogP contribution in [0.1, 0.15) is 28.1 Å². The number of anilines is 1. The molecule has 0 spiro atoms. The first-order chi connectivity index (χ1) is 16.4. The van der Waals surface area contributed by atoms with Crippen molar-refractivity contribution in [1.29, 1.82) is 0 Å². The molecule has 2 aliphatic rings. The Bertz CT molecular complexity index is 1310. The van der Waals surface area contributed by atoms with E-state index in [0.29, 0.717) is 51.9 Å². The van der Waals surface area contributed by atoms with Crippen molar-refractivity contribution in [2.45, 2.75) is 26.3 Å². The van der Waals surface area contributed by atoms with E-state index in [1.807, 2.05) is 29.2 Å². The number of fused-ring (bicyclic) bond motifs is 1. The Morgan fingerprint density at radius 1 is 1.06 bits per heavy atom.